The fraction of sp³-hybridized carbons (Fsp3) is 0.227. The summed E-state index contributed by atoms with van der Waals surface area (Å²) in [6.45, 7) is 3.01. The smallest absolute Gasteiger partial charge is 0.326 e. The summed E-state index contributed by atoms with van der Waals surface area (Å²) < 4.78 is 10.7. The molecular weight excluding hydrogens is 532 g/mol. The standard InChI is InChI=1S/C22H17Cl4NO5S/c1-11(2)32-19(28)9-27-21(29)18(33-22(27)30)7-12-5-16(25)20(17(26)6-12)31-10-13-3-4-14(23)8-15(13)24/h3-8,11H,9-10H2,1-2H3/b18-7-. The quantitative estimate of drug-likeness (QED) is 0.278. The van der Waals surface area contributed by atoms with Crippen molar-refractivity contribution >= 4 is 81.4 Å². The van der Waals surface area contributed by atoms with Crippen molar-refractivity contribution in [2.24, 2.45) is 0 Å². The van der Waals surface area contributed by atoms with Gasteiger partial charge in [-0.25, -0.2) is 0 Å². The predicted octanol–water partition coefficient (Wildman–Crippen LogP) is 6.87. The first-order valence-electron chi connectivity index (χ1n) is 9.55. The molecule has 0 unspecified atom stereocenters. The Bertz CT molecular complexity index is 1130. The minimum atomic E-state index is -0.665. The molecule has 3 rings (SSSR count). The van der Waals surface area contributed by atoms with Crippen LogP contribution >= 0.6 is 58.2 Å². The van der Waals surface area contributed by atoms with Gasteiger partial charge in [-0.2, -0.15) is 0 Å². The lowest BCUT2D eigenvalue weighted by Crippen LogP contribution is -2.35. The number of imide groups is 1. The van der Waals surface area contributed by atoms with Crippen molar-refractivity contribution in [3.63, 3.8) is 0 Å². The maximum Gasteiger partial charge on any atom is 0.326 e. The van der Waals surface area contributed by atoms with E-state index in [4.69, 9.17) is 55.9 Å². The molecule has 1 heterocycles. The molecule has 0 bridgehead atoms. The molecule has 0 atom stereocenters. The highest BCUT2D eigenvalue weighted by atomic mass is 35.5. The van der Waals surface area contributed by atoms with Gasteiger partial charge in [0.2, 0.25) is 0 Å². The van der Waals surface area contributed by atoms with Crippen LogP contribution in [0.1, 0.15) is 25.0 Å². The van der Waals surface area contributed by atoms with Crippen LogP contribution in [0.3, 0.4) is 0 Å². The van der Waals surface area contributed by atoms with E-state index in [9.17, 15) is 14.4 Å². The Morgan fingerprint density at radius 3 is 2.33 bits per heavy atom. The first-order valence-corrected chi connectivity index (χ1v) is 11.9. The summed E-state index contributed by atoms with van der Waals surface area (Å²) in [7, 11) is 0. The number of ether oxygens (including phenoxy) is 2. The maximum atomic E-state index is 12.6. The summed E-state index contributed by atoms with van der Waals surface area (Å²) in [6.07, 6.45) is 1.12. The van der Waals surface area contributed by atoms with Gasteiger partial charge in [-0.1, -0.05) is 52.5 Å². The SMILES string of the molecule is CC(C)OC(=O)CN1C(=O)S/C(=C\c2cc(Cl)c(OCc3ccc(Cl)cc3Cl)c(Cl)c2)C1=O. The van der Waals surface area contributed by atoms with Crippen molar-refractivity contribution in [3.8, 4) is 5.75 Å². The van der Waals surface area contributed by atoms with Crippen LogP contribution in [-0.2, 0) is 20.9 Å². The summed E-state index contributed by atoms with van der Waals surface area (Å²) in [5, 5.41) is 0.797. The Labute approximate surface area is 214 Å². The third-order valence-electron chi connectivity index (χ3n) is 4.23. The van der Waals surface area contributed by atoms with E-state index in [2.05, 4.69) is 0 Å². The van der Waals surface area contributed by atoms with Gasteiger partial charge in [0.15, 0.2) is 5.75 Å². The number of amides is 2. The number of carbonyl (C=O) groups excluding carboxylic acids is 3. The van der Waals surface area contributed by atoms with E-state index in [-0.39, 0.29) is 33.4 Å². The van der Waals surface area contributed by atoms with Gasteiger partial charge in [0.1, 0.15) is 13.2 Å². The average molecular weight is 549 g/mol. The highest BCUT2D eigenvalue weighted by Crippen LogP contribution is 2.38. The number of hydrogen-bond acceptors (Lipinski definition) is 6. The molecule has 0 aliphatic carbocycles. The molecule has 11 heteroatoms. The summed E-state index contributed by atoms with van der Waals surface area (Å²) in [5.41, 5.74) is 1.18. The lowest BCUT2D eigenvalue weighted by molar-refractivity contribution is -0.149. The van der Waals surface area contributed by atoms with Crippen LogP contribution in [0.5, 0.6) is 5.75 Å². The number of carbonyl (C=O) groups is 3. The van der Waals surface area contributed by atoms with Gasteiger partial charge >= 0.3 is 5.97 Å². The van der Waals surface area contributed by atoms with Crippen LogP contribution in [-0.4, -0.2) is 34.7 Å². The molecule has 1 aliphatic heterocycles. The number of thioether (sulfide) groups is 1. The van der Waals surface area contributed by atoms with Crippen LogP contribution < -0.4 is 4.74 Å². The van der Waals surface area contributed by atoms with E-state index in [1.165, 1.54) is 6.08 Å². The van der Waals surface area contributed by atoms with E-state index in [1.807, 2.05) is 0 Å². The highest BCUT2D eigenvalue weighted by Gasteiger charge is 2.36. The van der Waals surface area contributed by atoms with Crippen molar-refractivity contribution in [2.75, 3.05) is 6.54 Å². The van der Waals surface area contributed by atoms with Crippen LogP contribution in [0.15, 0.2) is 35.2 Å². The molecule has 0 N–H and O–H groups in total. The Morgan fingerprint density at radius 2 is 1.73 bits per heavy atom. The normalized spacial score (nSPS) is 15.0. The second-order valence-corrected chi connectivity index (χ2v) is 9.80. The molecule has 0 radical (unpaired) electrons. The second kappa shape index (κ2) is 11.0. The maximum absolute atomic E-state index is 12.6. The van der Waals surface area contributed by atoms with Crippen LogP contribution in [0.4, 0.5) is 4.79 Å². The van der Waals surface area contributed by atoms with E-state index in [1.54, 1.807) is 44.2 Å². The Morgan fingerprint density at radius 1 is 1.06 bits per heavy atom. The van der Waals surface area contributed by atoms with Crippen molar-refractivity contribution in [1.29, 1.82) is 0 Å². The lowest BCUT2D eigenvalue weighted by Gasteiger charge is -2.13. The topological polar surface area (TPSA) is 72.9 Å². The number of halogens is 4. The number of nitrogens with zero attached hydrogens (tertiary/aromatic N) is 1. The van der Waals surface area contributed by atoms with Gasteiger partial charge in [0, 0.05) is 15.6 Å². The second-order valence-electron chi connectivity index (χ2n) is 7.14. The van der Waals surface area contributed by atoms with Gasteiger partial charge < -0.3 is 9.47 Å². The van der Waals surface area contributed by atoms with Gasteiger partial charge in [0.25, 0.3) is 11.1 Å². The van der Waals surface area contributed by atoms with Crippen molar-refractivity contribution in [1.82, 2.24) is 4.90 Å². The van der Waals surface area contributed by atoms with Crippen molar-refractivity contribution in [3.05, 3.63) is 66.5 Å². The van der Waals surface area contributed by atoms with E-state index < -0.39 is 23.7 Å². The summed E-state index contributed by atoms with van der Waals surface area (Å²) in [4.78, 5) is 37.6. The van der Waals surface area contributed by atoms with Gasteiger partial charge in [0.05, 0.1) is 21.1 Å². The highest BCUT2D eigenvalue weighted by molar-refractivity contribution is 8.18. The summed E-state index contributed by atoms with van der Waals surface area (Å²) in [6, 6.07) is 8.12. The molecule has 2 aromatic carbocycles. The lowest BCUT2D eigenvalue weighted by atomic mass is 10.2. The van der Waals surface area contributed by atoms with Crippen molar-refractivity contribution in [2.45, 2.75) is 26.6 Å². The zero-order chi connectivity index (χ0) is 24.3. The predicted molar refractivity (Wildman–Crippen MR) is 131 cm³/mol. The first kappa shape index (κ1) is 25.7. The average Bonchev–Trinajstić information content (AvgIpc) is 2.95. The van der Waals surface area contributed by atoms with Gasteiger partial charge in [-0.05, 0) is 61.5 Å². The zero-order valence-corrected chi connectivity index (χ0v) is 21.2. The fourth-order valence-corrected chi connectivity index (χ4v) is 4.72. The molecular formula is C22H17Cl4NO5S. The first-order chi connectivity index (χ1) is 15.5. The number of rotatable bonds is 7. The number of hydrogen-bond donors (Lipinski definition) is 0. The molecule has 6 nitrogen and oxygen atoms in total. The fourth-order valence-electron chi connectivity index (χ4n) is 2.81. The summed E-state index contributed by atoms with van der Waals surface area (Å²) >= 11 is 25.4. The Kier molecular flexibility index (Phi) is 8.59. The van der Waals surface area contributed by atoms with E-state index in [0.29, 0.717) is 32.9 Å². The van der Waals surface area contributed by atoms with Gasteiger partial charge in [-0.3, -0.25) is 19.3 Å². The van der Waals surface area contributed by atoms with E-state index in [0.717, 1.165) is 4.90 Å². The molecule has 2 amide bonds. The van der Waals surface area contributed by atoms with Crippen LogP contribution in [0.2, 0.25) is 20.1 Å². The zero-order valence-electron chi connectivity index (χ0n) is 17.4. The largest absolute Gasteiger partial charge is 0.486 e. The molecule has 2 aromatic rings. The van der Waals surface area contributed by atoms with Crippen molar-refractivity contribution < 1.29 is 23.9 Å². The molecule has 174 valence electrons. The monoisotopic (exact) mass is 547 g/mol. The third kappa shape index (κ3) is 6.58. The number of esters is 1. The number of benzene rings is 2. The van der Waals surface area contributed by atoms with Crippen LogP contribution in [0.25, 0.3) is 6.08 Å². The molecule has 1 saturated heterocycles. The third-order valence-corrected chi connectivity index (χ3v) is 6.29. The minimum Gasteiger partial charge on any atom is -0.486 e. The van der Waals surface area contributed by atoms with Crippen LogP contribution in [0, 0.1) is 0 Å². The molecule has 0 aromatic heterocycles. The van der Waals surface area contributed by atoms with Gasteiger partial charge in [-0.15, -0.1) is 0 Å². The molecule has 1 fully saturated rings. The van der Waals surface area contributed by atoms with E-state index >= 15 is 0 Å². The Balaban J connectivity index is 1.74. The summed E-state index contributed by atoms with van der Waals surface area (Å²) in [5.74, 6) is -1.02. The minimum absolute atomic E-state index is 0.111. The molecule has 1 aliphatic rings. The molecule has 33 heavy (non-hydrogen) atoms. The molecule has 0 spiro atoms. The molecule has 0 saturated carbocycles. The Hall–Kier alpha value is -1.90.